The molecular weight excluding hydrogens is 433 g/mol. The number of carbonyl (C=O) groups excluding carboxylic acids is 2. The van der Waals surface area contributed by atoms with Gasteiger partial charge in [0.1, 0.15) is 0 Å². The van der Waals surface area contributed by atoms with Gasteiger partial charge < -0.3 is 15.5 Å². The van der Waals surface area contributed by atoms with Gasteiger partial charge in [-0.1, -0.05) is 53.5 Å². The van der Waals surface area contributed by atoms with E-state index in [2.05, 4.69) is 39.8 Å². The molecule has 2 N–H and O–H groups in total. The van der Waals surface area contributed by atoms with E-state index in [0.717, 1.165) is 50.9 Å². The third-order valence-corrected chi connectivity index (χ3v) is 6.34. The van der Waals surface area contributed by atoms with Crippen LogP contribution in [0.5, 0.6) is 0 Å². The summed E-state index contributed by atoms with van der Waals surface area (Å²) in [5, 5.41) is 5.73. The van der Waals surface area contributed by atoms with Crippen molar-refractivity contribution in [3.05, 3.63) is 59.7 Å². The van der Waals surface area contributed by atoms with Crippen molar-refractivity contribution >= 4 is 46.4 Å². The highest BCUT2D eigenvalue weighted by molar-refractivity contribution is 6.54. The summed E-state index contributed by atoms with van der Waals surface area (Å²) >= 11 is 11.3. The van der Waals surface area contributed by atoms with Crippen LogP contribution in [0.2, 0.25) is 0 Å². The Kier molecular flexibility index (Phi) is 7.03. The van der Waals surface area contributed by atoms with Crippen molar-refractivity contribution in [1.82, 2.24) is 5.32 Å². The van der Waals surface area contributed by atoms with E-state index in [1.54, 1.807) is 12.1 Å². The third-order valence-electron chi connectivity index (χ3n) is 5.94. The number of rotatable bonds is 7. The van der Waals surface area contributed by atoms with E-state index >= 15 is 0 Å². The van der Waals surface area contributed by atoms with Crippen molar-refractivity contribution in [1.29, 1.82) is 0 Å². The second-order valence-corrected chi connectivity index (χ2v) is 9.49. The summed E-state index contributed by atoms with van der Waals surface area (Å²) in [7, 11) is 0. The lowest BCUT2D eigenvalue weighted by molar-refractivity contribution is -0.114. The van der Waals surface area contributed by atoms with Crippen molar-refractivity contribution in [2.75, 3.05) is 23.3 Å². The monoisotopic (exact) mass is 459 g/mol. The van der Waals surface area contributed by atoms with Crippen LogP contribution in [0.15, 0.2) is 48.5 Å². The van der Waals surface area contributed by atoms with Gasteiger partial charge in [-0.3, -0.25) is 9.59 Å². The Morgan fingerprint density at radius 1 is 1.00 bits per heavy atom. The molecule has 2 aromatic carbocycles. The lowest BCUT2D eigenvalue weighted by atomic mass is 9.89. The van der Waals surface area contributed by atoms with Crippen molar-refractivity contribution < 1.29 is 9.59 Å². The minimum atomic E-state index is -1.16. The summed E-state index contributed by atoms with van der Waals surface area (Å²) in [6.07, 6.45) is 5.28. The Bertz CT molecular complexity index is 924. The van der Waals surface area contributed by atoms with Crippen LogP contribution >= 0.6 is 23.2 Å². The molecule has 4 rings (SSSR count). The van der Waals surface area contributed by atoms with Crippen LogP contribution in [0.3, 0.4) is 0 Å². The molecule has 1 heterocycles. The van der Waals surface area contributed by atoms with Gasteiger partial charge in [-0.2, -0.15) is 0 Å². The molecule has 1 aliphatic carbocycles. The number of carbonyl (C=O) groups is 2. The molecule has 2 aromatic rings. The van der Waals surface area contributed by atoms with E-state index in [9.17, 15) is 9.59 Å². The molecule has 1 saturated heterocycles. The first kappa shape index (κ1) is 22.0. The fourth-order valence-electron chi connectivity index (χ4n) is 4.08. The largest absolute Gasteiger partial charge is 0.371 e. The number of amides is 2. The highest BCUT2D eigenvalue weighted by Crippen LogP contribution is 2.31. The summed E-state index contributed by atoms with van der Waals surface area (Å²) in [5.74, 6) is 0.0324. The van der Waals surface area contributed by atoms with Gasteiger partial charge in [-0.15, -0.1) is 0 Å². The van der Waals surface area contributed by atoms with Gasteiger partial charge in [0.05, 0.1) is 5.56 Å². The number of benzene rings is 2. The number of anilines is 2. The van der Waals surface area contributed by atoms with Gasteiger partial charge in [0.2, 0.25) is 0 Å². The lowest BCUT2D eigenvalue weighted by Gasteiger charge is -2.35. The molecule has 0 atom stereocenters. The number of piperidine rings is 1. The van der Waals surface area contributed by atoms with Gasteiger partial charge in [0.15, 0.2) is 4.84 Å². The zero-order valence-electron chi connectivity index (χ0n) is 17.3. The molecular formula is C24H27Cl2N3O2. The second-order valence-electron chi connectivity index (χ2n) is 8.39. The van der Waals surface area contributed by atoms with Crippen LogP contribution in [0.25, 0.3) is 0 Å². The van der Waals surface area contributed by atoms with Gasteiger partial charge >= 0.3 is 0 Å². The standard InChI is InChI=1S/C24H27Cl2N3O2/c25-22(26)24(31)28-19-8-9-21(20(15-19)23(30)27-18-6-7-18)29-12-10-17(11-13-29)14-16-4-2-1-3-5-16/h1-5,8-9,15,17-18,22H,6-7,10-14H2,(H,27,30)(H,28,31). The number of halogens is 2. The highest BCUT2D eigenvalue weighted by Gasteiger charge is 2.28. The predicted octanol–water partition coefficient (Wildman–Crippen LogP) is 4.78. The normalized spacial score (nSPS) is 16.9. The van der Waals surface area contributed by atoms with Crippen molar-refractivity contribution in [2.45, 2.75) is 43.0 Å². The van der Waals surface area contributed by atoms with E-state index in [1.165, 1.54) is 5.56 Å². The maximum atomic E-state index is 12.9. The molecule has 0 spiro atoms. The smallest absolute Gasteiger partial charge is 0.257 e. The molecule has 2 fully saturated rings. The summed E-state index contributed by atoms with van der Waals surface area (Å²) in [6.45, 7) is 1.80. The summed E-state index contributed by atoms with van der Waals surface area (Å²) in [6, 6.07) is 16.3. The first-order valence-electron chi connectivity index (χ1n) is 10.8. The maximum absolute atomic E-state index is 12.9. The van der Waals surface area contributed by atoms with E-state index in [-0.39, 0.29) is 11.9 Å². The number of nitrogens with one attached hydrogen (secondary N) is 2. The molecule has 0 radical (unpaired) electrons. The Morgan fingerprint density at radius 3 is 2.35 bits per heavy atom. The fraction of sp³-hybridized carbons (Fsp3) is 0.417. The molecule has 1 aliphatic heterocycles. The predicted molar refractivity (Wildman–Crippen MR) is 126 cm³/mol. The molecule has 0 bridgehead atoms. The SMILES string of the molecule is O=C(NC1CC1)c1cc(NC(=O)C(Cl)Cl)ccc1N1CCC(Cc2ccccc2)CC1. The average Bonchev–Trinajstić information content (AvgIpc) is 3.59. The van der Waals surface area contributed by atoms with Crippen molar-refractivity contribution in [3.63, 3.8) is 0 Å². The lowest BCUT2D eigenvalue weighted by Crippen LogP contribution is -2.36. The van der Waals surface area contributed by atoms with Crippen molar-refractivity contribution in [2.24, 2.45) is 5.92 Å². The molecule has 2 amide bonds. The Balaban J connectivity index is 1.47. The van der Waals surface area contributed by atoms with E-state index in [1.807, 2.05) is 12.1 Å². The minimum Gasteiger partial charge on any atom is -0.371 e. The number of alkyl halides is 2. The molecule has 5 nitrogen and oxygen atoms in total. The maximum Gasteiger partial charge on any atom is 0.257 e. The summed E-state index contributed by atoms with van der Waals surface area (Å²) < 4.78 is 0. The number of nitrogens with zero attached hydrogens (tertiary/aromatic N) is 1. The summed E-state index contributed by atoms with van der Waals surface area (Å²) in [5.41, 5.74) is 3.37. The van der Waals surface area contributed by atoms with Gasteiger partial charge in [0.25, 0.3) is 11.8 Å². The number of hydrogen-bond acceptors (Lipinski definition) is 3. The Labute approximate surface area is 193 Å². The van der Waals surface area contributed by atoms with Crippen LogP contribution in [0, 0.1) is 5.92 Å². The van der Waals surface area contributed by atoms with Gasteiger partial charge in [-0.25, -0.2) is 0 Å². The van der Waals surface area contributed by atoms with Crippen LogP contribution in [0.4, 0.5) is 11.4 Å². The molecule has 1 saturated carbocycles. The van der Waals surface area contributed by atoms with Crippen LogP contribution < -0.4 is 15.5 Å². The molecule has 0 aromatic heterocycles. The first-order chi connectivity index (χ1) is 15.0. The molecule has 7 heteroatoms. The third kappa shape index (κ3) is 5.92. The average molecular weight is 460 g/mol. The van der Waals surface area contributed by atoms with E-state index in [0.29, 0.717) is 17.2 Å². The van der Waals surface area contributed by atoms with Crippen molar-refractivity contribution in [3.8, 4) is 0 Å². The van der Waals surface area contributed by atoms with Gasteiger partial charge in [-0.05, 0) is 61.8 Å². The quantitative estimate of drug-likeness (QED) is 0.585. The Hall–Kier alpha value is -2.24. The molecule has 164 valence electrons. The summed E-state index contributed by atoms with van der Waals surface area (Å²) in [4.78, 5) is 25.9. The minimum absolute atomic E-state index is 0.103. The zero-order chi connectivity index (χ0) is 21.8. The Morgan fingerprint density at radius 2 is 1.71 bits per heavy atom. The van der Waals surface area contributed by atoms with Crippen LogP contribution in [-0.2, 0) is 11.2 Å². The van der Waals surface area contributed by atoms with Crippen LogP contribution in [0.1, 0.15) is 41.6 Å². The van der Waals surface area contributed by atoms with Gasteiger partial charge in [0, 0.05) is 30.5 Å². The fourth-order valence-corrected chi connectivity index (χ4v) is 4.19. The highest BCUT2D eigenvalue weighted by atomic mass is 35.5. The van der Waals surface area contributed by atoms with E-state index in [4.69, 9.17) is 23.2 Å². The molecule has 31 heavy (non-hydrogen) atoms. The van der Waals surface area contributed by atoms with E-state index < -0.39 is 10.7 Å². The molecule has 2 aliphatic rings. The molecule has 0 unspecified atom stereocenters. The first-order valence-corrected chi connectivity index (χ1v) is 11.7. The second kappa shape index (κ2) is 9.92. The van der Waals surface area contributed by atoms with Crippen LogP contribution in [-0.4, -0.2) is 35.8 Å². The topological polar surface area (TPSA) is 61.4 Å². The number of hydrogen-bond donors (Lipinski definition) is 2. The zero-order valence-corrected chi connectivity index (χ0v) is 18.8.